The second-order valence-electron chi connectivity index (χ2n) is 5.05. The first-order valence-electron chi connectivity index (χ1n) is 6.94. The summed E-state index contributed by atoms with van der Waals surface area (Å²) in [6, 6.07) is 7.46. The standard InChI is InChI=1S/C15H23NO3/c1-18-14-4-2-3-5-15(14)19-11-13(17)10-16-9-8-12-6-7-12/h2-5,12-13,16-17H,6-11H2,1H3. The molecule has 0 saturated heterocycles. The maximum atomic E-state index is 9.83. The third-order valence-corrected chi connectivity index (χ3v) is 3.31. The van der Waals surface area contributed by atoms with E-state index in [1.54, 1.807) is 7.11 Å². The van der Waals surface area contributed by atoms with E-state index in [2.05, 4.69) is 5.32 Å². The van der Waals surface area contributed by atoms with E-state index in [0.717, 1.165) is 12.5 Å². The molecule has 1 fully saturated rings. The van der Waals surface area contributed by atoms with Gasteiger partial charge in [-0.2, -0.15) is 0 Å². The minimum atomic E-state index is -0.496. The molecule has 2 rings (SSSR count). The summed E-state index contributed by atoms with van der Waals surface area (Å²) in [6.45, 7) is 1.83. The highest BCUT2D eigenvalue weighted by Gasteiger charge is 2.20. The summed E-state index contributed by atoms with van der Waals surface area (Å²) in [5, 5.41) is 13.1. The minimum absolute atomic E-state index is 0.275. The molecule has 4 heteroatoms. The number of hydrogen-bond acceptors (Lipinski definition) is 4. The van der Waals surface area contributed by atoms with Gasteiger partial charge in [-0.25, -0.2) is 0 Å². The Hall–Kier alpha value is -1.26. The SMILES string of the molecule is COc1ccccc1OCC(O)CNCCC1CC1. The number of benzene rings is 1. The Labute approximate surface area is 114 Å². The number of ether oxygens (including phenoxy) is 2. The van der Waals surface area contributed by atoms with Crippen molar-refractivity contribution in [2.24, 2.45) is 5.92 Å². The van der Waals surface area contributed by atoms with Crippen LogP contribution in [0, 0.1) is 5.92 Å². The molecule has 1 aromatic rings. The van der Waals surface area contributed by atoms with E-state index in [9.17, 15) is 5.11 Å². The molecule has 4 nitrogen and oxygen atoms in total. The van der Waals surface area contributed by atoms with Gasteiger partial charge in [0.1, 0.15) is 12.7 Å². The van der Waals surface area contributed by atoms with Crippen LogP contribution >= 0.6 is 0 Å². The third-order valence-electron chi connectivity index (χ3n) is 3.31. The average molecular weight is 265 g/mol. The smallest absolute Gasteiger partial charge is 0.161 e. The Morgan fingerprint density at radius 3 is 2.74 bits per heavy atom. The lowest BCUT2D eigenvalue weighted by atomic mass is 10.3. The highest BCUT2D eigenvalue weighted by molar-refractivity contribution is 5.39. The van der Waals surface area contributed by atoms with Crippen LogP contribution in [-0.4, -0.2) is 38.0 Å². The van der Waals surface area contributed by atoms with Gasteiger partial charge in [0.15, 0.2) is 11.5 Å². The van der Waals surface area contributed by atoms with Gasteiger partial charge in [-0.3, -0.25) is 0 Å². The summed E-state index contributed by atoms with van der Waals surface area (Å²) >= 11 is 0. The first-order chi connectivity index (χ1) is 9.29. The van der Waals surface area contributed by atoms with Crippen molar-refractivity contribution in [3.63, 3.8) is 0 Å². The quantitative estimate of drug-likeness (QED) is 0.669. The lowest BCUT2D eigenvalue weighted by molar-refractivity contribution is 0.104. The number of nitrogens with one attached hydrogen (secondary N) is 1. The highest BCUT2D eigenvalue weighted by atomic mass is 16.5. The van der Waals surface area contributed by atoms with Crippen molar-refractivity contribution in [3.8, 4) is 11.5 Å². The van der Waals surface area contributed by atoms with E-state index in [1.165, 1.54) is 19.3 Å². The Kier molecular flexibility index (Phi) is 5.48. The Morgan fingerprint density at radius 2 is 2.05 bits per heavy atom. The summed E-state index contributed by atoms with van der Waals surface area (Å²) in [7, 11) is 1.61. The molecule has 0 spiro atoms. The molecule has 1 atom stereocenters. The zero-order valence-corrected chi connectivity index (χ0v) is 11.5. The van der Waals surface area contributed by atoms with Crippen LogP contribution in [0.1, 0.15) is 19.3 Å². The van der Waals surface area contributed by atoms with Crippen LogP contribution in [0.15, 0.2) is 24.3 Å². The van der Waals surface area contributed by atoms with E-state index in [4.69, 9.17) is 9.47 Å². The largest absolute Gasteiger partial charge is 0.493 e. The van der Waals surface area contributed by atoms with E-state index in [0.29, 0.717) is 18.0 Å². The fraction of sp³-hybridized carbons (Fsp3) is 0.600. The Morgan fingerprint density at radius 1 is 1.32 bits per heavy atom. The maximum Gasteiger partial charge on any atom is 0.161 e. The predicted molar refractivity (Wildman–Crippen MR) is 74.7 cm³/mol. The molecule has 0 aromatic heterocycles. The van der Waals surface area contributed by atoms with Gasteiger partial charge >= 0.3 is 0 Å². The minimum Gasteiger partial charge on any atom is -0.493 e. The monoisotopic (exact) mass is 265 g/mol. The number of para-hydroxylation sites is 2. The number of aliphatic hydroxyl groups excluding tert-OH is 1. The molecule has 1 saturated carbocycles. The van der Waals surface area contributed by atoms with Crippen molar-refractivity contribution in [2.75, 3.05) is 26.8 Å². The summed E-state index contributed by atoms with van der Waals surface area (Å²) in [5.74, 6) is 2.29. The zero-order chi connectivity index (χ0) is 13.5. The molecular formula is C15H23NO3. The maximum absolute atomic E-state index is 9.83. The van der Waals surface area contributed by atoms with Crippen LogP contribution in [0.3, 0.4) is 0 Å². The van der Waals surface area contributed by atoms with Crippen LogP contribution in [0.4, 0.5) is 0 Å². The molecule has 106 valence electrons. The lowest BCUT2D eigenvalue weighted by Gasteiger charge is -2.14. The van der Waals surface area contributed by atoms with Crippen LogP contribution in [-0.2, 0) is 0 Å². The van der Waals surface area contributed by atoms with Crippen LogP contribution in [0.2, 0.25) is 0 Å². The average Bonchev–Trinajstić information content (AvgIpc) is 3.26. The van der Waals surface area contributed by atoms with Gasteiger partial charge in [0.05, 0.1) is 7.11 Å². The van der Waals surface area contributed by atoms with Gasteiger partial charge in [0.25, 0.3) is 0 Å². The molecule has 1 aliphatic rings. The summed E-state index contributed by atoms with van der Waals surface area (Å²) in [6.07, 6.45) is 3.48. The normalized spacial score (nSPS) is 16.1. The molecule has 19 heavy (non-hydrogen) atoms. The molecule has 0 bridgehead atoms. The fourth-order valence-electron chi connectivity index (χ4n) is 1.96. The van der Waals surface area contributed by atoms with Crippen molar-refractivity contribution in [1.82, 2.24) is 5.32 Å². The molecule has 2 N–H and O–H groups in total. The van der Waals surface area contributed by atoms with Crippen LogP contribution in [0.25, 0.3) is 0 Å². The van der Waals surface area contributed by atoms with E-state index < -0.39 is 6.10 Å². The summed E-state index contributed by atoms with van der Waals surface area (Å²) in [5.41, 5.74) is 0. The molecule has 0 heterocycles. The highest BCUT2D eigenvalue weighted by Crippen LogP contribution is 2.31. The van der Waals surface area contributed by atoms with Gasteiger partial charge in [0, 0.05) is 6.54 Å². The molecule has 1 unspecified atom stereocenters. The number of rotatable bonds is 9. The number of hydrogen-bond donors (Lipinski definition) is 2. The first-order valence-corrected chi connectivity index (χ1v) is 6.94. The van der Waals surface area contributed by atoms with Crippen molar-refractivity contribution >= 4 is 0 Å². The number of methoxy groups -OCH3 is 1. The van der Waals surface area contributed by atoms with Crippen molar-refractivity contribution in [3.05, 3.63) is 24.3 Å². The predicted octanol–water partition coefficient (Wildman–Crippen LogP) is 1.82. The zero-order valence-electron chi connectivity index (χ0n) is 11.5. The molecule has 0 amide bonds. The van der Waals surface area contributed by atoms with E-state index in [-0.39, 0.29) is 6.61 Å². The number of aliphatic hydroxyl groups is 1. The fourth-order valence-corrected chi connectivity index (χ4v) is 1.96. The van der Waals surface area contributed by atoms with Gasteiger partial charge in [-0.15, -0.1) is 0 Å². The molecule has 0 radical (unpaired) electrons. The van der Waals surface area contributed by atoms with E-state index >= 15 is 0 Å². The second kappa shape index (κ2) is 7.36. The summed E-state index contributed by atoms with van der Waals surface area (Å²) < 4.78 is 10.8. The van der Waals surface area contributed by atoms with E-state index in [1.807, 2.05) is 24.3 Å². The van der Waals surface area contributed by atoms with Crippen molar-refractivity contribution < 1.29 is 14.6 Å². The molecule has 1 aliphatic carbocycles. The van der Waals surface area contributed by atoms with Gasteiger partial charge in [0.2, 0.25) is 0 Å². The van der Waals surface area contributed by atoms with Gasteiger partial charge in [-0.05, 0) is 31.0 Å². The topological polar surface area (TPSA) is 50.7 Å². The lowest BCUT2D eigenvalue weighted by Crippen LogP contribution is -2.32. The Balaban J connectivity index is 1.62. The van der Waals surface area contributed by atoms with Gasteiger partial charge in [-0.1, -0.05) is 25.0 Å². The van der Waals surface area contributed by atoms with Crippen LogP contribution < -0.4 is 14.8 Å². The molecule has 0 aliphatic heterocycles. The molecule has 1 aromatic carbocycles. The van der Waals surface area contributed by atoms with Gasteiger partial charge < -0.3 is 19.9 Å². The van der Waals surface area contributed by atoms with Crippen molar-refractivity contribution in [2.45, 2.75) is 25.4 Å². The third kappa shape index (κ3) is 5.09. The second-order valence-corrected chi connectivity index (χ2v) is 5.05. The van der Waals surface area contributed by atoms with Crippen LogP contribution in [0.5, 0.6) is 11.5 Å². The summed E-state index contributed by atoms with van der Waals surface area (Å²) in [4.78, 5) is 0. The molecular weight excluding hydrogens is 242 g/mol. The Bertz CT molecular complexity index is 379. The first kappa shape index (κ1) is 14.2. The van der Waals surface area contributed by atoms with Crippen molar-refractivity contribution in [1.29, 1.82) is 0 Å².